The van der Waals surface area contributed by atoms with E-state index in [1.165, 1.54) is 12.1 Å². The highest BCUT2D eigenvalue weighted by molar-refractivity contribution is 6.20. The first-order valence-corrected chi connectivity index (χ1v) is 6.16. The van der Waals surface area contributed by atoms with Gasteiger partial charge in [-0.15, -0.1) is 0 Å². The highest BCUT2D eigenvalue weighted by Crippen LogP contribution is 2.38. The third kappa shape index (κ3) is 4.83. The van der Waals surface area contributed by atoms with Gasteiger partial charge >= 0.3 is 20.0 Å². The van der Waals surface area contributed by atoms with E-state index in [-0.39, 0.29) is 6.07 Å². The van der Waals surface area contributed by atoms with E-state index in [9.17, 15) is 26.3 Å². The summed E-state index contributed by atoms with van der Waals surface area (Å²) in [4.78, 5) is 0. The third-order valence-electron chi connectivity index (χ3n) is 2.67. The summed E-state index contributed by atoms with van der Waals surface area (Å²) < 4.78 is 85.6. The van der Waals surface area contributed by atoms with Crippen LogP contribution in [-0.4, -0.2) is 7.69 Å². The van der Waals surface area contributed by atoms with Crippen LogP contribution in [-0.2, 0) is 12.4 Å². The standard InChI is InChI=1S/C14H8BF6O2/c16-13(17,18)9-6-10(14(19,20)21)8-12(7-9)23-15-22-11-4-2-1-3-5-11/h1-8H. The van der Waals surface area contributed by atoms with Gasteiger partial charge in [0, 0.05) is 0 Å². The molecule has 0 heterocycles. The summed E-state index contributed by atoms with van der Waals surface area (Å²) in [5.74, 6) is -0.321. The molecule has 0 amide bonds. The topological polar surface area (TPSA) is 18.5 Å². The number of para-hydroxylation sites is 1. The first-order chi connectivity index (χ1) is 10.7. The molecule has 0 atom stereocenters. The van der Waals surface area contributed by atoms with Crippen molar-refractivity contribution in [3.8, 4) is 11.5 Å². The maximum atomic E-state index is 12.7. The Morgan fingerprint density at radius 2 is 1.13 bits per heavy atom. The van der Waals surface area contributed by atoms with Crippen molar-refractivity contribution < 1.29 is 35.7 Å². The summed E-state index contributed by atoms with van der Waals surface area (Å²) in [6, 6.07) is 8.98. The van der Waals surface area contributed by atoms with Gasteiger partial charge in [-0.25, -0.2) is 0 Å². The Balaban J connectivity index is 2.17. The number of alkyl halides is 6. The normalized spacial score (nSPS) is 11.9. The average Bonchev–Trinajstić information content (AvgIpc) is 2.46. The zero-order chi connectivity index (χ0) is 17.1. The first-order valence-electron chi connectivity index (χ1n) is 6.16. The minimum absolute atomic E-state index is 0.0188. The molecule has 0 saturated carbocycles. The van der Waals surface area contributed by atoms with Crippen LogP contribution in [0.4, 0.5) is 26.3 Å². The van der Waals surface area contributed by atoms with Gasteiger partial charge in [0.25, 0.3) is 0 Å². The van der Waals surface area contributed by atoms with E-state index in [0.717, 1.165) is 0 Å². The lowest BCUT2D eigenvalue weighted by Crippen LogP contribution is -2.14. The second-order valence-corrected chi connectivity index (χ2v) is 4.39. The third-order valence-corrected chi connectivity index (χ3v) is 2.67. The molecule has 0 aliphatic rings. The van der Waals surface area contributed by atoms with Crippen LogP contribution in [0.25, 0.3) is 0 Å². The molecule has 0 N–H and O–H groups in total. The molecule has 2 nitrogen and oxygen atoms in total. The quantitative estimate of drug-likeness (QED) is 0.596. The van der Waals surface area contributed by atoms with Crippen LogP contribution < -0.4 is 9.31 Å². The smallest absolute Gasteiger partial charge is 0.526 e. The largest absolute Gasteiger partial charge is 0.658 e. The van der Waals surface area contributed by atoms with E-state index in [1.807, 2.05) is 0 Å². The van der Waals surface area contributed by atoms with Crippen LogP contribution >= 0.6 is 0 Å². The fourth-order valence-electron chi connectivity index (χ4n) is 1.63. The van der Waals surface area contributed by atoms with Gasteiger partial charge in [0.15, 0.2) is 0 Å². The predicted molar refractivity (Wildman–Crippen MR) is 69.9 cm³/mol. The lowest BCUT2D eigenvalue weighted by atomic mass is 10.1. The predicted octanol–water partition coefficient (Wildman–Crippen LogP) is 4.72. The Morgan fingerprint density at radius 3 is 1.61 bits per heavy atom. The van der Waals surface area contributed by atoms with Crippen molar-refractivity contribution in [3.63, 3.8) is 0 Å². The molecule has 0 fully saturated rings. The van der Waals surface area contributed by atoms with Crippen molar-refractivity contribution in [2.75, 3.05) is 0 Å². The summed E-state index contributed by atoms with van der Waals surface area (Å²) in [5.41, 5.74) is -2.93. The maximum Gasteiger partial charge on any atom is 0.658 e. The minimum atomic E-state index is -4.93. The van der Waals surface area contributed by atoms with Gasteiger partial charge in [-0.05, 0) is 30.3 Å². The number of halogens is 6. The Morgan fingerprint density at radius 1 is 0.652 bits per heavy atom. The second kappa shape index (κ2) is 6.43. The van der Waals surface area contributed by atoms with Crippen molar-refractivity contribution >= 4 is 7.69 Å². The van der Waals surface area contributed by atoms with E-state index < -0.39 is 29.2 Å². The van der Waals surface area contributed by atoms with Crippen molar-refractivity contribution in [3.05, 3.63) is 59.7 Å². The average molecular weight is 333 g/mol. The summed E-state index contributed by atoms with van der Waals surface area (Å²) in [7, 11) is 0.658. The van der Waals surface area contributed by atoms with Gasteiger partial charge in [-0.2, -0.15) is 26.3 Å². The molecule has 2 aromatic rings. The van der Waals surface area contributed by atoms with Crippen molar-refractivity contribution in [1.29, 1.82) is 0 Å². The highest BCUT2D eigenvalue weighted by atomic mass is 19.4. The lowest BCUT2D eigenvalue weighted by molar-refractivity contribution is -0.143. The van der Waals surface area contributed by atoms with Crippen LogP contribution in [0.5, 0.6) is 11.5 Å². The maximum absolute atomic E-state index is 12.7. The summed E-state index contributed by atoms with van der Waals surface area (Å²) in [6.07, 6.45) is -9.86. The Labute approximate surface area is 127 Å². The molecule has 0 saturated heterocycles. The molecule has 0 unspecified atom stereocenters. The van der Waals surface area contributed by atoms with E-state index in [0.29, 0.717) is 25.6 Å². The molecule has 0 aromatic heterocycles. The van der Waals surface area contributed by atoms with Crippen LogP contribution in [0.15, 0.2) is 48.5 Å². The van der Waals surface area contributed by atoms with E-state index in [1.54, 1.807) is 18.2 Å². The molecule has 2 aromatic carbocycles. The molecule has 2 rings (SSSR count). The Kier molecular flexibility index (Phi) is 4.77. The number of benzene rings is 2. The lowest BCUT2D eigenvalue weighted by Gasteiger charge is -2.14. The molecule has 1 radical (unpaired) electrons. The van der Waals surface area contributed by atoms with Crippen LogP contribution in [0.3, 0.4) is 0 Å². The molecule has 0 aliphatic carbocycles. The van der Waals surface area contributed by atoms with Crippen molar-refractivity contribution in [2.24, 2.45) is 0 Å². The zero-order valence-corrected chi connectivity index (χ0v) is 11.3. The molecular formula is C14H8BF6O2. The summed E-state index contributed by atoms with van der Waals surface area (Å²) in [6.45, 7) is 0. The number of hydrogen-bond donors (Lipinski definition) is 0. The minimum Gasteiger partial charge on any atom is -0.526 e. The SMILES string of the molecule is FC(F)(F)c1cc(O[B]Oc2ccccc2)cc(C(F)(F)F)c1. The van der Waals surface area contributed by atoms with Gasteiger partial charge in [0.1, 0.15) is 11.5 Å². The van der Waals surface area contributed by atoms with Gasteiger partial charge in [0.2, 0.25) is 0 Å². The number of hydrogen-bond acceptors (Lipinski definition) is 2. The molecule has 23 heavy (non-hydrogen) atoms. The highest BCUT2D eigenvalue weighted by Gasteiger charge is 2.37. The van der Waals surface area contributed by atoms with Gasteiger partial charge in [-0.1, -0.05) is 18.2 Å². The van der Waals surface area contributed by atoms with Gasteiger partial charge in [0.05, 0.1) is 11.1 Å². The van der Waals surface area contributed by atoms with E-state index in [4.69, 9.17) is 9.31 Å². The molecule has 0 aliphatic heterocycles. The van der Waals surface area contributed by atoms with Gasteiger partial charge < -0.3 is 9.31 Å². The van der Waals surface area contributed by atoms with Crippen LogP contribution in [0.2, 0.25) is 0 Å². The fraction of sp³-hybridized carbons (Fsp3) is 0.143. The van der Waals surface area contributed by atoms with E-state index in [2.05, 4.69) is 0 Å². The molecule has 9 heteroatoms. The molecule has 0 spiro atoms. The Bertz CT molecular complexity index is 622. The monoisotopic (exact) mass is 333 g/mol. The first kappa shape index (κ1) is 17.0. The van der Waals surface area contributed by atoms with E-state index >= 15 is 0 Å². The summed E-state index contributed by atoms with van der Waals surface area (Å²) >= 11 is 0. The van der Waals surface area contributed by atoms with Gasteiger partial charge in [-0.3, -0.25) is 0 Å². The van der Waals surface area contributed by atoms with Crippen LogP contribution in [0, 0.1) is 0 Å². The van der Waals surface area contributed by atoms with Crippen molar-refractivity contribution in [1.82, 2.24) is 0 Å². The summed E-state index contributed by atoms with van der Waals surface area (Å²) in [5, 5.41) is 0. The zero-order valence-electron chi connectivity index (χ0n) is 11.3. The van der Waals surface area contributed by atoms with Crippen LogP contribution in [0.1, 0.15) is 11.1 Å². The number of rotatable bonds is 4. The molecular weight excluding hydrogens is 325 g/mol. The molecule has 121 valence electrons. The van der Waals surface area contributed by atoms with Crippen molar-refractivity contribution in [2.45, 2.75) is 12.4 Å². The second-order valence-electron chi connectivity index (χ2n) is 4.39. The fourth-order valence-corrected chi connectivity index (χ4v) is 1.63. The molecule has 0 bridgehead atoms. The Hall–Kier alpha value is -2.32.